The van der Waals surface area contributed by atoms with Gasteiger partial charge in [0, 0.05) is 11.6 Å². The number of nitrogens with one attached hydrogen (secondary N) is 1. The van der Waals surface area contributed by atoms with E-state index in [-0.39, 0.29) is 11.9 Å². The van der Waals surface area contributed by atoms with Crippen LogP contribution in [0.15, 0.2) is 60.0 Å². The molecule has 5 nitrogen and oxygen atoms in total. The number of benzene rings is 2. The minimum Gasteiger partial charge on any atom is -0.497 e. The molecule has 3 aromatic rings. The molecule has 0 aliphatic heterocycles. The number of anilines is 1. The summed E-state index contributed by atoms with van der Waals surface area (Å²) in [5.74, 6) is 1.16. The maximum absolute atomic E-state index is 12.6. The van der Waals surface area contributed by atoms with Crippen LogP contribution in [0.4, 0.5) is 5.69 Å². The zero-order valence-electron chi connectivity index (χ0n) is 16.3. The summed E-state index contributed by atoms with van der Waals surface area (Å²) in [5, 5.41) is 7.05. The molecule has 0 saturated carbocycles. The summed E-state index contributed by atoms with van der Waals surface area (Å²) in [6, 6.07) is 18.0. The summed E-state index contributed by atoms with van der Waals surface area (Å²) in [7, 11) is 3.17. The number of quaternary nitrogens is 1. The van der Waals surface area contributed by atoms with Crippen molar-refractivity contribution in [3.63, 3.8) is 0 Å². The van der Waals surface area contributed by atoms with Crippen LogP contribution < -0.4 is 20.1 Å². The van der Waals surface area contributed by atoms with Crippen LogP contribution in [0.5, 0.6) is 11.5 Å². The first-order chi connectivity index (χ1) is 13.6. The van der Waals surface area contributed by atoms with E-state index in [1.807, 2.05) is 6.07 Å². The average molecular weight is 398 g/mol. The lowest BCUT2D eigenvalue weighted by molar-refractivity contribution is -0.675. The average Bonchev–Trinajstić information content (AvgIpc) is 3.24. The Balaban J connectivity index is 1.70. The van der Waals surface area contributed by atoms with Gasteiger partial charge in [0.2, 0.25) is 0 Å². The number of thiophene rings is 1. The smallest absolute Gasteiger partial charge is 0.279 e. The molecule has 1 atom stereocenters. The molecule has 0 bridgehead atoms. The number of nitrogens with two attached hydrogens (primary N) is 1. The highest BCUT2D eigenvalue weighted by molar-refractivity contribution is 7.10. The van der Waals surface area contributed by atoms with Gasteiger partial charge in [-0.15, -0.1) is 11.3 Å². The second-order valence-corrected chi connectivity index (χ2v) is 7.44. The first-order valence-electron chi connectivity index (χ1n) is 9.06. The van der Waals surface area contributed by atoms with E-state index in [0.29, 0.717) is 23.7 Å². The Morgan fingerprint density at radius 1 is 1.11 bits per heavy atom. The van der Waals surface area contributed by atoms with Crippen LogP contribution in [0.1, 0.15) is 22.0 Å². The Hall–Kier alpha value is -2.83. The number of amides is 1. The van der Waals surface area contributed by atoms with Crippen molar-refractivity contribution in [1.29, 1.82) is 0 Å². The molecule has 0 aliphatic carbocycles. The van der Waals surface area contributed by atoms with E-state index < -0.39 is 0 Å². The van der Waals surface area contributed by atoms with Gasteiger partial charge in [-0.25, -0.2) is 0 Å². The largest absolute Gasteiger partial charge is 0.497 e. The number of hydrogen-bond donors (Lipinski definition) is 2. The van der Waals surface area contributed by atoms with Crippen molar-refractivity contribution < 1.29 is 19.6 Å². The van der Waals surface area contributed by atoms with Crippen molar-refractivity contribution in [2.75, 3.05) is 26.1 Å². The molecule has 0 aliphatic rings. The van der Waals surface area contributed by atoms with E-state index in [1.54, 1.807) is 43.8 Å². The number of carbonyl (C=O) groups is 1. The highest BCUT2D eigenvalue weighted by Crippen LogP contribution is 2.29. The van der Waals surface area contributed by atoms with Gasteiger partial charge in [0.1, 0.15) is 17.5 Å². The Bertz CT molecular complexity index is 908. The van der Waals surface area contributed by atoms with Crippen LogP contribution in [0, 0.1) is 6.92 Å². The Kier molecular flexibility index (Phi) is 6.68. The molecule has 3 rings (SSSR count). The summed E-state index contributed by atoms with van der Waals surface area (Å²) in [6.07, 6.45) is 0. The van der Waals surface area contributed by atoms with Crippen LogP contribution in [-0.2, 0) is 4.79 Å². The van der Waals surface area contributed by atoms with E-state index in [9.17, 15) is 4.79 Å². The predicted molar refractivity (Wildman–Crippen MR) is 112 cm³/mol. The van der Waals surface area contributed by atoms with E-state index >= 15 is 0 Å². The molecule has 0 fully saturated rings. The molecule has 146 valence electrons. The van der Waals surface area contributed by atoms with Gasteiger partial charge in [-0.1, -0.05) is 35.9 Å². The van der Waals surface area contributed by atoms with E-state index in [4.69, 9.17) is 9.47 Å². The third-order valence-corrected chi connectivity index (χ3v) is 5.46. The van der Waals surface area contributed by atoms with Crippen molar-refractivity contribution in [3.8, 4) is 11.5 Å². The van der Waals surface area contributed by atoms with Gasteiger partial charge in [0.25, 0.3) is 5.91 Å². The van der Waals surface area contributed by atoms with Gasteiger partial charge in [0.15, 0.2) is 6.54 Å². The standard InChI is InChI=1S/C22H24N2O3S/c1-15-6-8-16(9-7-15)22(20-5-4-12-28-20)23-14-21(25)24-18-11-10-17(26-2)13-19(18)27-3/h4-13,22-23H,14H2,1-3H3,(H,24,25)/p+1/t22-/m1/s1. The van der Waals surface area contributed by atoms with Gasteiger partial charge in [-0.3, -0.25) is 4.79 Å². The first kappa shape index (κ1) is 19.9. The first-order valence-corrected chi connectivity index (χ1v) is 9.94. The SMILES string of the molecule is COc1ccc(NC(=O)C[NH2+][C@H](c2ccc(C)cc2)c2cccs2)c(OC)c1. The molecule has 0 radical (unpaired) electrons. The van der Waals surface area contributed by atoms with Crippen LogP contribution in [0.3, 0.4) is 0 Å². The van der Waals surface area contributed by atoms with Crippen molar-refractivity contribution in [1.82, 2.24) is 0 Å². The fraction of sp³-hybridized carbons (Fsp3) is 0.227. The van der Waals surface area contributed by atoms with Gasteiger partial charge >= 0.3 is 0 Å². The van der Waals surface area contributed by atoms with Gasteiger partial charge in [-0.2, -0.15) is 0 Å². The number of ether oxygens (including phenoxy) is 2. The Morgan fingerprint density at radius 2 is 1.89 bits per heavy atom. The fourth-order valence-corrected chi connectivity index (χ4v) is 3.84. The third-order valence-electron chi connectivity index (χ3n) is 4.51. The molecule has 1 heterocycles. The highest BCUT2D eigenvalue weighted by atomic mass is 32.1. The molecule has 6 heteroatoms. The quantitative estimate of drug-likeness (QED) is 0.613. The van der Waals surface area contributed by atoms with Crippen LogP contribution in [-0.4, -0.2) is 26.7 Å². The molecule has 0 unspecified atom stereocenters. The number of hydrogen-bond acceptors (Lipinski definition) is 4. The predicted octanol–water partition coefficient (Wildman–Crippen LogP) is 3.37. The number of aryl methyl sites for hydroxylation is 1. The molecule has 3 N–H and O–H groups in total. The van der Waals surface area contributed by atoms with Crippen LogP contribution >= 0.6 is 11.3 Å². The van der Waals surface area contributed by atoms with E-state index in [1.165, 1.54) is 16.0 Å². The summed E-state index contributed by atoms with van der Waals surface area (Å²) < 4.78 is 10.5. The van der Waals surface area contributed by atoms with Crippen molar-refractivity contribution in [3.05, 3.63) is 76.0 Å². The summed E-state index contributed by atoms with van der Waals surface area (Å²) in [5.41, 5.74) is 3.03. The molecular weight excluding hydrogens is 372 g/mol. The molecule has 1 amide bonds. The van der Waals surface area contributed by atoms with Gasteiger partial charge < -0.3 is 20.1 Å². The maximum atomic E-state index is 12.6. The lowest BCUT2D eigenvalue weighted by Crippen LogP contribution is -2.87. The van der Waals surface area contributed by atoms with E-state index in [2.05, 4.69) is 53.3 Å². The lowest BCUT2D eigenvalue weighted by Gasteiger charge is -2.16. The number of carbonyl (C=O) groups excluding carboxylic acids is 1. The maximum Gasteiger partial charge on any atom is 0.279 e. The van der Waals surface area contributed by atoms with Crippen LogP contribution in [0.2, 0.25) is 0 Å². The zero-order chi connectivity index (χ0) is 19.9. The molecular formula is C22H25N2O3S+. The number of methoxy groups -OCH3 is 2. The second-order valence-electron chi connectivity index (χ2n) is 6.46. The summed E-state index contributed by atoms with van der Waals surface area (Å²) >= 11 is 1.70. The topological polar surface area (TPSA) is 64.2 Å². The third kappa shape index (κ3) is 4.91. The highest BCUT2D eigenvalue weighted by Gasteiger charge is 2.20. The van der Waals surface area contributed by atoms with Crippen molar-refractivity contribution in [2.24, 2.45) is 0 Å². The summed E-state index contributed by atoms with van der Waals surface area (Å²) in [6.45, 7) is 2.37. The zero-order valence-corrected chi connectivity index (χ0v) is 17.1. The normalized spacial score (nSPS) is 11.7. The molecule has 0 spiro atoms. The van der Waals surface area contributed by atoms with Gasteiger partial charge in [-0.05, 0) is 30.5 Å². The number of rotatable bonds is 8. The minimum absolute atomic E-state index is 0.0860. The molecule has 1 aromatic heterocycles. The molecule has 28 heavy (non-hydrogen) atoms. The second kappa shape index (κ2) is 9.39. The van der Waals surface area contributed by atoms with E-state index in [0.717, 1.165) is 0 Å². The van der Waals surface area contributed by atoms with Gasteiger partial charge in [0.05, 0.1) is 24.8 Å². The Morgan fingerprint density at radius 3 is 2.54 bits per heavy atom. The lowest BCUT2D eigenvalue weighted by atomic mass is 10.0. The summed E-state index contributed by atoms with van der Waals surface area (Å²) in [4.78, 5) is 13.8. The monoisotopic (exact) mass is 397 g/mol. The van der Waals surface area contributed by atoms with Crippen molar-refractivity contribution in [2.45, 2.75) is 13.0 Å². The Labute approximate surface area is 169 Å². The van der Waals surface area contributed by atoms with Crippen LogP contribution in [0.25, 0.3) is 0 Å². The molecule has 0 saturated heterocycles. The molecule has 2 aromatic carbocycles. The fourth-order valence-electron chi connectivity index (χ4n) is 2.99. The van der Waals surface area contributed by atoms with Crippen molar-refractivity contribution >= 4 is 22.9 Å². The minimum atomic E-state index is -0.0860.